The highest BCUT2D eigenvalue weighted by molar-refractivity contribution is 6.74. The first-order chi connectivity index (χ1) is 11.3. The molecule has 8 heteroatoms. The molecule has 0 amide bonds. The number of ether oxygens (including phenoxy) is 2. The van der Waals surface area contributed by atoms with Crippen LogP contribution in [0.1, 0.15) is 48.3 Å². The molecule has 0 aromatic heterocycles. The molecule has 0 saturated carbocycles. The molecule has 0 aromatic carbocycles. The number of methoxy groups -OCH3 is 2. The van der Waals surface area contributed by atoms with Crippen LogP contribution in [0.25, 0.3) is 0 Å². The topological polar surface area (TPSA) is 74.3 Å². The summed E-state index contributed by atoms with van der Waals surface area (Å²) in [4.78, 5) is 28.9. The van der Waals surface area contributed by atoms with Gasteiger partial charge < -0.3 is 14.0 Å². The minimum atomic E-state index is -2.33. The maximum atomic E-state index is 11.8. The molecule has 0 rings (SSSR count). The number of rotatable bonds is 10. The van der Waals surface area contributed by atoms with Crippen molar-refractivity contribution in [2.75, 3.05) is 20.8 Å². The molecule has 1 atom stereocenters. The van der Waals surface area contributed by atoms with Crippen molar-refractivity contribution in [2.45, 2.75) is 71.1 Å². The average Bonchev–Trinajstić information content (AvgIpc) is 2.50. The summed E-state index contributed by atoms with van der Waals surface area (Å²) in [5.41, 5.74) is 0. The lowest BCUT2D eigenvalue weighted by Gasteiger charge is -2.41. The zero-order chi connectivity index (χ0) is 19.9. The monoisotopic (exact) mass is 364 g/mol. The van der Waals surface area contributed by atoms with Gasteiger partial charge in [0.1, 0.15) is 0 Å². The predicted octanol–water partition coefficient (Wildman–Crippen LogP) is 3.06. The van der Waals surface area contributed by atoms with E-state index in [1.165, 1.54) is 14.2 Å². The molecular weight excluding hydrogens is 330 g/mol. The summed E-state index contributed by atoms with van der Waals surface area (Å²) < 4.78 is 24.2. The Morgan fingerprint density at radius 3 is 2.12 bits per heavy atom. The summed E-state index contributed by atoms with van der Waals surface area (Å²) >= 11 is 0. The van der Waals surface area contributed by atoms with Crippen molar-refractivity contribution >= 4 is 20.3 Å². The zero-order valence-electron chi connectivity index (χ0n) is 17.2. The first kappa shape index (κ1) is 21.1. The maximum Gasteiger partial charge on any atom is 0.307 e. The average molecular weight is 365 g/mol. The van der Waals surface area contributed by atoms with Crippen LogP contribution in [0.2, 0.25) is 18.1 Å². The smallest absolute Gasteiger partial charge is 0.307 e. The summed E-state index contributed by atoms with van der Waals surface area (Å²) in [7, 11) is 0.203. The highest BCUT2D eigenvalue weighted by Crippen LogP contribution is 2.38. The van der Waals surface area contributed by atoms with Gasteiger partial charge in [-0.1, -0.05) is 26.0 Å². The fraction of sp³-hybridized carbons (Fsp3) is 0.875. The Balaban J connectivity index is 5.60. The van der Waals surface area contributed by atoms with Crippen molar-refractivity contribution in [3.8, 4) is 0 Å². The summed E-state index contributed by atoms with van der Waals surface area (Å²) in [6.07, 6.45) is -0.333. The Labute approximate surface area is 148 Å². The standard InChI is InChI=1S/C16H33NO6Si/c1-9-22-17(23-24(7,8)16(2,3)4)13(12-15(19)21-6)10-11-14(18)20-5/h13H,9-12H2,1-8H3/i13D. The number of hydrogen-bond acceptors (Lipinski definition) is 7. The lowest BCUT2D eigenvalue weighted by Crippen LogP contribution is -2.50. The van der Waals surface area contributed by atoms with Crippen LogP contribution in [-0.4, -0.2) is 52.3 Å². The molecule has 0 fully saturated rings. The van der Waals surface area contributed by atoms with Crippen molar-refractivity contribution in [1.82, 2.24) is 5.23 Å². The van der Waals surface area contributed by atoms with Crippen molar-refractivity contribution in [3.63, 3.8) is 0 Å². The van der Waals surface area contributed by atoms with Crippen molar-refractivity contribution in [3.05, 3.63) is 0 Å². The van der Waals surface area contributed by atoms with Crippen LogP contribution in [0, 0.1) is 0 Å². The minimum absolute atomic E-state index is 0.00337. The van der Waals surface area contributed by atoms with Crippen molar-refractivity contribution in [2.24, 2.45) is 0 Å². The third-order valence-corrected chi connectivity index (χ3v) is 8.28. The highest BCUT2D eigenvalue weighted by Gasteiger charge is 2.41. The van der Waals surface area contributed by atoms with E-state index in [4.69, 9.17) is 15.5 Å². The second-order valence-corrected chi connectivity index (χ2v) is 11.6. The Kier molecular flexibility index (Phi) is 8.89. The van der Waals surface area contributed by atoms with E-state index in [9.17, 15) is 9.59 Å². The minimum Gasteiger partial charge on any atom is -0.469 e. The van der Waals surface area contributed by atoms with Crippen LogP contribution in [0.15, 0.2) is 0 Å². The molecule has 0 aliphatic heterocycles. The van der Waals surface area contributed by atoms with E-state index in [2.05, 4.69) is 25.5 Å². The molecule has 0 radical (unpaired) electrons. The summed E-state index contributed by atoms with van der Waals surface area (Å²) in [6, 6.07) is -1.60. The van der Waals surface area contributed by atoms with Gasteiger partial charge in [-0.25, -0.2) is 0 Å². The summed E-state index contributed by atoms with van der Waals surface area (Å²) in [5.74, 6) is -1.05. The van der Waals surface area contributed by atoms with Crippen LogP contribution < -0.4 is 0 Å². The normalized spacial score (nSPS) is 15.6. The van der Waals surface area contributed by atoms with E-state index in [-0.39, 0.29) is 30.9 Å². The fourth-order valence-corrected chi connectivity index (χ4v) is 2.35. The van der Waals surface area contributed by atoms with Crippen LogP contribution in [0.4, 0.5) is 0 Å². The number of nitrogens with zero attached hydrogens (tertiary/aromatic N) is 1. The molecule has 0 saturated heterocycles. The lowest BCUT2D eigenvalue weighted by atomic mass is 10.1. The van der Waals surface area contributed by atoms with Gasteiger partial charge in [0.2, 0.25) is 8.32 Å². The largest absolute Gasteiger partial charge is 0.469 e. The Bertz CT molecular complexity index is 454. The van der Waals surface area contributed by atoms with Gasteiger partial charge in [0, 0.05) is 6.42 Å². The van der Waals surface area contributed by atoms with Crippen molar-refractivity contribution in [1.29, 1.82) is 0 Å². The van der Waals surface area contributed by atoms with Crippen LogP contribution in [0.5, 0.6) is 0 Å². The van der Waals surface area contributed by atoms with Gasteiger partial charge >= 0.3 is 11.9 Å². The van der Waals surface area contributed by atoms with E-state index in [1.54, 1.807) is 6.92 Å². The van der Waals surface area contributed by atoms with Crippen LogP contribution >= 0.6 is 0 Å². The molecule has 0 aliphatic carbocycles. The second kappa shape index (κ2) is 10.1. The maximum absolute atomic E-state index is 11.8. The Morgan fingerprint density at radius 1 is 1.17 bits per heavy atom. The Hall–Kier alpha value is -0.963. The molecule has 0 heterocycles. The molecule has 142 valence electrons. The number of carbonyl (C=O) groups is 2. The summed E-state index contributed by atoms with van der Waals surface area (Å²) in [6.45, 7) is 12.2. The van der Waals surface area contributed by atoms with Gasteiger partial charge in [-0.3, -0.25) is 14.4 Å². The molecule has 0 bridgehead atoms. The Morgan fingerprint density at radius 2 is 1.71 bits per heavy atom. The SMILES string of the molecule is [2H]C(CCC(=O)OC)(CC(=O)OC)N(OCC)O[Si](C)(C)C(C)(C)C. The number of esters is 2. The van der Waals surface area contributed by atoms with Crippen LogP contribution in [-0.2, 0) is 28.4 Å². The molecule has 7 nitrogen and oxygen atoms in total. The number of carbonyl (C=O) groups excluding carboxylic acids is 2. The fourth-order valence-electron chi connectivity index (χ4n) is 1.48. The first-order valence-electron chi connectivity index (χ1n) is 8.59. The van der Waals surface area contributed by atoms with E-state index in [0.717, 1.165) is 5.23 Å². The quantitative estimate of drug-likeness (QED) is 0.335. The summed E-state index contributed by atoms with van der Waals surface area (Å²) in [5, 5.41) is 0.960. The second-order valence-electron chi connectivity index (χ2n) is 6.92. The van der Waals surface area contributed by atoms with Gasteiger partial charge in [-0.2, -0.15) is 0 Å². The number of hydroxylamine groups is 2. The van der Waals surface area contributed by atoms with Gasteiger partial charge in [0.05, 0.1) is 34.6 Å². The van der Waals surface area contributed by atoms with Gasteiger partial charge in [0.15, 0.2) is 0 Å². The molecule has 0 spiro atoms. The van der Waals surface area contributed by atoms with Crippen molar-refractivity contribution < 1.29 is 29.8 Å². The van der Waals surface area contributed by atoms with Gasteiger partial charge in [-0.05, 0) is 31.5 Å². The molecule has 0 aromatic rings. The predicted molar refractivity (Wildman–Crippen MR) is 93.4 cm³/mol. The van der Waals surface area contributed by atoms with E-state index in [1.807, 2.05) is 13.1 Å². The molecule has 0 aliphatic rings. The molecule has 1 unspecified atom stereocenters. The third kappa shape index (κ3) is 7.74. The molecular formula is C16H33NO6Si. The van der Waals surface area contributed by atoms with E-state index < -0.39 is 26.3 Å². The van der Waals surface area contributed by atoms with Gasteiger partial charge in [-0.15, -0.1) is 0 Å². The third-order valence-electron chi connectivity index (χ3n) is 4.04. The molecule has 0 N–H and O–H groups in total. The van der Waals surface area contributed by atoms with E-state index in [0.29, 0.717) is 0 Å². The highest BCUT2D eigenvalue weighted by atomic mass is 28.4. The zero-order valence-corrected chi connectivity index (χ0v) is 17.2. The lowest BCUT2D eigenvalue weighted by molar-refractivity contribution is -0.347. The van der Waals surface area contributed by atoms with Gasteiger partial charge in [0.25, 0.3) is 0 Å². The van der Waals surface area contributed by atoms with Crippen LogP contribution in [0.3, 0.4) is 0 Å². The molecule has 24 heavy (non-hydrogen) atoms. The number of hydrogen-bond donors (Lipinski definition) is 0. The first-order valence-corrected chi connectivity index (χ1v) is 11.0. The van der Waals surface area contributed by atoms with E-state index >= 15 is 0 Å².